The van der Waals surface area contributed by atoms with E-state index in [-0.39, 0.29) is 25.7 Å². The highest BCUT2D eigenvalue weighted by atomic mass is 31.2. The second kappa shape index (κ2) is 52.8. The quantitative estimate of drug-likeness (QED) is 0.0222. The summed E-state index contributed by atoms with van der Waals surface area (Å²) in [5.74, 6) is -0.744. The van der Waals surface area contributed by atoms with E-state index in [2.05, 4.69) is 41.5 Å². The Bertz CT molecular complexity index is 1560. The van der Waals surface area contributed by atoms with Gasteiger partial charge in [-0.2, -0.15) is 0 Å². The highest BCUT2D eigenvalue weighted by Gasteiger charge is 2.30. The average molecular weight is 1170 g/mol. The van der Waals surface area contributed by atoms with Crippen LogP contribution in [0.4, 0.5) is 0 Å². The number of carbonyl (C=O) groups is 4. The molecule has 17 nitrogen and oxygen atoms in total. The van der Waals surface area contributed by atoms with Gasteiger partial charge in [0.2, 0.25) is 0 Å². The van der Waals surface area contributed by atoms with Crippen molar-refractivity contribution in [3.8, 4) is 0 Å². The predicted molar refractivity (Wildman–Crippen MR) is 312 cm³/mol. The normalized spacial score (nSPS) is 14.4. The summed E-state index contributed by atoms with van der Waals surface area (Å²) in [5.41, 5.74) is 0. The van der Waals surface area contributed by atoms with Crippen LogP contribution >= 0.6 is 15.6 Å². The number of aliphatic hydroxyl groups is 1. The van der Waals surface area contributed by atoms with Gasteiger partial charge in [-0.25, -0.2) is 9.13 Å². The summed E-state index contributed by atoms with van der Waals surface area (Å²) in [7, 11) is -9.87. The Labute approximate surface area is 479 Å². The van der Waals surface area contributed by atoms with E-state index >= 15 is 0 Å². The third kappa shape index (κ3) is 55.0. The van der Waals surface area contributed by atoms with E-state index < -0.39 is 97.5 Å². The summed E-state index contributed by atoms with van der Waals surface area (Å²) in [6.45, 7) is 9.30. The first-order valence-electron chi connectivity index (χ1n) is 31.5. The van der Waals surface area contributed by atoms with Crippen LogP contribution in [0.5, 0.6) is 0 Å². The molecular formula is C60H116O17P2. The first kappa shape index (κ1) is 77.1. The van der Waals surface area contributed by atoms with Crippen LogP contribution in [-0.4, -0.2) is 96.7 Å². The highest BCUT2D eigenvalue weighted by Crippen LogP contribution is 2.45. The molecule has 0 rings (SSSR count). The van der Waals surface area contributed by atoms with Gasteiger partial charge < -0.3 is 33.8 Å². The molecule has 0 fully saturated rings. The van der Waals surface area contributed by atoms with Crippen molar-refractivity contribution in [3.63, 3.8) is 0 Å². The largest absolute Gasteiger partial charge is 0.472 e. The summed E-state index contributed by atoms with van der Waals surface area (Å²) < 4.78 is 67.7. The third-order valence-corrected chi connectivity index (χ3v) is 15.6. The lowest BCUT2D eigenvalue weighted by Gasteiger charge is -2.21. The van der Waals surface area contributed by atoms with Gasteiger partial charge in [-0.3, -0.25) is 37.3 Å². The second-order valence-corrected chi connectivity index (χ2v) is 25.6. The zero-order valence-electron chi connectivity index (χ0n) is 50.7. The molecule has 0 aliphatic carbocycles. The molecule has 0 amide bonds. The van der Waals surface area contributed by atoms with Crippen LogP contribution in [-0.2, 0) is 65.4 Å². The Balaban J connectivity index is 5.22. The number of ether oxygens (including phenoxy) is 4. The Kier molecular flexibility index (Phi) is 51.5. The third-order valence-electron chi connectivity index (χ3n) is 13.7. The maximum Gasteiger partial charge on any atom is 0.472 e. The van der Waals surface area contributed by atoms with Crippen LogP contribution in [0.25, 0.3) is 0 Å². The lowest BCUT2D eigenvalue weighted by molar-refractivity contribution is -0.161. The monoisotopic (exact) mass is 1170 g/mol. The van der Waals surface area contributed by atoms with Crippen LogP contribution in [0.2, 0.25) is 0 Å². The summed E-state index contributed by atoms with van der Waals surface area (Å²) in [4.78, 5) is 71.9. The van der Waals surface area contributed by atoms with E-state index in [4.69, 9.17) is 37.0 Å². The van der Waals surface area contributed by atoms with Crippen molar-refractivity contribution in [1.29, 1.82) is 0 Å². The first-order chi connectivity index (χ1) is 37.9. The molecule has 0 aliphatic rings. The van der Waals surface area contributed by atoms with Gasteiger partial charge in [0.15, 0.2) is 12.2 Å². The fourth-order valence-electron chi connectivity index (χ4n) is 8.82. The molecule has 0 radical (unpaired) electrons. The van der Waals surface area contributed by atoms with Gasteiger partial charge in [0.1, 0.15) is 19.3 Å². The molecule has 0 aromatic heterocycles. The fourth-order valence-corrected chi connectivity index (χ4v) is 10.4. The SMILES string of the molecule is CCCCCCCCCCCCCCC(=O)O[C@H](COC(=O)CCCCCCCCCC(C)C)COP(=O)(O)OC[C@@H](O)COP(=O)(O)OC[C@@H](COC(=O)CCCCCCCCC)OC(=O)CCCCCCCCCC(C)C. The number of carbonyl (C=O) groups excluding carboxylic acids is 4. The van der Waals surface area contributed by atoms with Gasteiger partial charge >= 0.3 is 39.5 Å². The number of aliphatic hydroxyl groups excluding tert-OH is 1. The number of phosphoric ester groups is 2. The Morgan fingerprint density at radius 3 is 0.861 bits per heavy atom. The second-order valence-electron chi connectivity index (χ2n) is 22.7. The van der Waals surface area contributed by atoms with E-state index in [1.807, 2.05) is 0 Å². The molecule has 0 spiro atoms. The van der Waals surface area contributed by atoms with Gasteiger partial charge in [-0.15, -0.1) is 0 Å². The van der Waals surface area contributed by atoms with E-state index in [9.17, 15) is 43.2 Å². The number of esters is 4. The van der Waals surface area contributed by atoms with Crippen LogP contribution in [0.3, 0.4) is 0 Å². The van der Waals surface area contributed by atoms with Crippen LogP contribution < -0.4 is 0 Å². The van der Waals surface area contributed by atoms with Gasteiger partial charge in [0.05, 0.1) is 26.4 Å². The minimum Gasteiger partial charge on any atom is -0.462 e. The standard InChI is InChI=1S/C60H116O17P2/c1-7-9-11-13-15-16-17-18-19-25-32-38-44-59(64)76-56(49-71-58(63)43-37-31-26-20-23-28-34-40-52(3)4)51-75-79(68,69)73-47-54(61)46-72-78(66,67)74-50-55(48-70-57(62)42-36-30-22-14-12-10-8-2)77-60(65)45-39-33-27-21-24-29-35-41-53(5)6/h52-56,61H,7-51H2,1-6H3,(H,66,67)(H,68,69)/t54-,55+,56+/m0/s1. The van der Waals surface area contributed by atoms with Crippen LogP contribution in [0, 0.1) is 11.8 Å². The maximum atomic E-state index is 12.9. The molecule has 0 aromatic carbocycles. The highest BCUT2D eigenvalue weighted by molar-refractivity contribution is 7.47. The van der Waals surface area contributed by atoms with E-state index in [1.165, 1.54) is 89.9 Å². The van der Waals surface area contributed by atoms with Gasteiger partial charge in [0, 0.05) is 25.7 Å². The van der Waals surface area contributed by atoms with Crippen molar-refractivity contribution >= 4 is 39.5 Å². The molecule has 19 heteroatoms. The number of hydrogen-bond donors (Lipinski definition) is 3. The summed E-state index contributed by atoms with van der Waals surface area (Å²) in [5, 5.41) is 10.5. The number of unbranched alkanes of at least 4 members (excludes halogenated alkanes) is 29. The van der Waals surface area contributed by atoms with Gasteiger partial charge in [-0.05, 0) is 37.5 Å². The molecule has 0 saturated carbocycles. The molecular weight excluding hydrogens is 1050 g/mol. The predicted octanol–water partition coefficient (Wildman–Crippen LogP) is 16.1. The van der Waals surface area contributed by atoms with E-state index in [0.29, 0.717) is 37.5 Å². The minimum absolute atomic E-state index is 0.103. The zero-order chi connectivity index (χ0) is 58.7. The van der Waals surface area contributed by atoms with Crippen LogP contribution in [0.15, 0.2) is 0 Å². The van der Waals surface area contributed by atoms with E-state index in [1.54, 1.807) is 0 Å². The molecule has 0 bridgehead atoms. The summed E-state index contributed by atoms with van der Waals surface area (Å²) in [6.07, 6.45) is 33.7. The molecule has 5 atom stereocenters. The fraction of sp³-hybridized carbons (Fsp3) is 0.933. The van der Waals surface area contributed by atoms with Crippen molar-refractivity contribution in [3.05, 3.63) is 0 Å². The molecule has 79 heavy (non-hydrogen) atoms. The first-order valence-corrected chi connectivity index (χ1v) is 34.5. The number of phosphoric acid groups is 2. The lowest BCUT2D eigenvalue weighted by Crippen LogP contribution is -2.30. The molecule has 0 aromatic rings. The minimum atomic E-state index is -4.94. The molecule has 0 saturated heterocycles. The van der Waals surface area contributed by atoms with Crippen LogP contribution in [0.1, 0.15) is 292 Å². The smallest absolute Gasteiger partial charge is 0.462 e. The Hall–Kier alpha value is -1.94. The van der Waals surface area contributed by atoms with Crippen molar-refractivity contribution in [2.75, 3.05) is 39.6 Å². The molecule has 2 unspecified atom stereocenters. The van der Waals surface area contributed by atoms with Gasteiger partial charge in [-0.1, -0.05) is 241 Å². The van der Waals surface area contributed by atoms with Crippen molar-refractivity contribution in [2.24, 2.45) is 11.8 Å². The molecule has 468 valence electrons. The Morgan fingerprint density at radius 1 is 0.342 bits per heavy atom. The average Bonchev–Trinajstić information content (AvgIpc) is 3.40. The lowest BCUT2D eigenvalue weighted by atomic mass is 10.0. The zero-order valence-corrected chi connectivity index (χ0v) is 52.4. The number of rotatable bonds is 59. The topological polar surface area (TPSA) is 237 Å². The van der Waals surface area contributed by atoms with Crippen molar-refractivity contribution in [2.45, 2.75) is 310 Å². The molecule has 3 N–H and O–H groups in total. The molecule has 0 aliphatic heterocycles. The van der Waals surface area contributed by atoms with Crippen molar-refractivity contribution in [1.82, 2.24) is 0 Å². The number of hydrogen-bond acceptors (Lipinski definition) is 15. The van der Waals surface area contributed by atoms with Crippen molar-refractivity contribution < 1.29 is 80.2 Å². The summed E-state index contributed by atoms with van der Waals surface area (Å²) in [6, 6.07) is 0. The molecule has 0 heterocycles. The Morgan fingerprint density at radius 2 is 0.582 bits per heavy atom. The van der Waals surface area contributed by atoms with Gasteiger partial charge in [0.25, 0.3) is 0 Å². The van der Waals surface area contributed by atoms with E-state index in [0.717, 1.165) is 109 Å². The summed E-state index contributed by atoms with van der Waals surface area (Å²) >= 11 is 0. The maximum absolute atomic E-state index is 12.9.